The summed E-state index contributed by atoms with van der Waals surface area (Å²) in [5.41, 5.74) is 7.19. The molecule has 1 aromatic heterocycles. The van der Waals surface area contributed by atoms with E-state index in [4.69, 9.17) is 10.5 Å². The van der Waals surface area contributed by atoms with E-state index in [0.29, 0.717) is 6.61 Å². The summed E-state index contributed by atoms with van der Waals surface area (Å²) in [6, 6.07) is 2.18. The Hall–Kier alpha value is -0.380. The minimum Gasteiger partial charge on any atom is -0.383 e. The zero-order valence-corrected chi connectivity index (χ0v) is 8.57. The van der Waals surface area contributed by atoms with E-state index in [1.807, 2.05) is 0 Å². The van der Waals surface area contributed by atoms with Crippen LogP contribution in [-0.2, 0) is 4.74 Å². The largest absolute Gasteiger partial charge is 0.383 e. The normalized spacial score (nSPS) is 13.3. The molecule has 1 rings (SSSR count). The fraction of sp³-hybridized carbons (Fsp3) is 0.556. The van der Waals surface area contributed by atoms with Crippen LogP contribution >= 0.6 is 11.3 Å². The lowest BCUT2D eigenvalue weighted by Crippen LogP contribution is -2.14. The highest BCUT2D eigenvalue weighted by atomic mass is 32.1. The summed E-state index contributed by atoms with van der Waals surface area (Å²) in [6.45, 7) is 4.82. The summed E-state index contributed by atoms with van der Waals surface area (Å²) in [7, 11) is 1.67. The minimum absolute atomic E-state index is 0.0346. The van der Waals surface area contributed by atoms with Crippen LogP contribution in [0.25, 0.3) is 0 Å². The molecule has 68 valence electrons. The molecule has 0 radical (unpaired) electrons. The Morgan fingerprint density at radius 1 is 1.58 bits per heavy atom. The molecule has 3 heteroatoms. The van der Waals surface area contributed by atoms with Crippen LogP contribution < -0.4 is 5.73 Å². The van der Waals surface area contributed by atoms with Crippen LogP contribution in [-0.4, -0.2) is 13.7 Å². The third-order valence-electron chi connectivity index (χ3n) is 1.90. The van der Waals surface area contributed by atoms with E-state index < -0.39 is 0 Å². The van der Waals surface area contributed by atoms with Crippen molar-refractivity contribution in [2.24, 2.45) is 5.73 Å². The molecule has 1 heterocycles. The lowest BCUT2D eigenvalue weighted by atomic mass is 10.2. The van der Waals surface area contributed by atoms with Gasteiger partial charge in [-0.2, -0.15) is 0 Å². The first kappa shape index (κ1) is 9.71. The van der Waals surface area contributed by atoms with Gasteiger partial charge >= 0.3 is 0 Å². The van der Waals surface area contributed by atoms with Gasteiger partial charge in [-0.05, 0) is 25.5 Å². The predicted molar refractivity (Wildman–Crippen MR) is 52.6 cm³/mol. The molecular formula is C9H15NOS. The number of hydrogen-bond acceptors (Lipinski definition) is 3. The Bertz CT molecular complexity index is 238. The second-order valence-corrected chi connectivity index (χ2v) is 4.24. The molecule has 1 atom stereocenters. The van der Waals surface area contributed by atoms with Gasteiger partial charge in [-0.25, -0.2) is 0 Å². The molecule has 12 heavy (non-hydrogen) atoms. The molecular weight excluding hydrogens is 170 g/mol. The summed E-state index contributed by atoms with van der Waals surface area (Å²) in [4.78, 5) is 2.56. The van der Waals surface area contributed by atoms with Crippen LogP contribution in [0.15, 0.2) is 6.07 Å². The van der Waals surface area contributed by atoms with E-state index in [0.717, 1.165) is 0 Å². The molecule has 0 aliphatic rings. The van der Waals surface area contributed by atoms with Crippen LogP contribution in [0.5, 0.6) is 0 Å². The molecule has 0 aromatic carbocycles. The Morgan fingerprint density at radius 3 is 2.67 bits per heavy atom. The first-order valence-corrected chi connectivity index (χ1v) is 4.78. The van der Waals surface area contributed by atoms with Gasteiger partial charge in [0.05, 0.1) is 12.6 Å². The van der Waals surface area contributed by atoms with Crippen molar-refractivity contribution in [1.29, 1.82) is 0 Å². The Morgan fingerprint density at radius 2 is 2.25 bits per heavy atom. The van der Waals surface area contributed by atoms with Gasteiger partial charge in [-0.1, -0.05) is 0 Å². The summed E-state index contributed by atoms with van der Waals surface area (Å²) >= 11 is 1.76. The average molecular weight is 185 g/mol. The maximum Gasteiger partial charge on any atom is 0.0663 e. The smallest absolute Gasteiger partial charge is 0.0663 e. The molecule has 0 saturated carbocycles. The monoisotopic (exact) mass is 185 g/mol. The summed E-state index contributed by atoms with van der Waals surface area (Å²) in [6.07, 6.45) is 0. The Kier molecular flexibility index (Phi) is 3.26. The van der Waals surface area contributed by atoms with Crippen molar-refractivity contribution in [3.63, 3.8) is 0 Å². The molecule has 0 bridgehead atoms. The van der Waals surface area contributed by atoms with E-state index in [2.05, 4.69) is 19.9 Å². The third kappa shape index (κ3) is 2.06. The molecule has 0 aliphatic carbocycles. The summed E-state index contributed by atoms with van der Waals surface area (Å²) in [5, 5.41) is 0. The van der Waals surface area contributed by atoms with Gasteiger partial charge in [0, 0.05) is 16.9 Å². The lowest BCUT2D eigenvalue weighted by molar-refractivity contribution is 0.182. The topological polar surface area (TPSA) is 35.2 Å². The molecule has 0 aliphatic heterocycles. The Balaban J connectivity index is 2.74. The molecule has 0 saturated heterocycles. The van der Waals surface area contributed by atoms with Crippen molar-refractivity contribution < 1.29 is 4.74 Å². The maximum absolute atomic E-state index is 5.87. The summed E-state index contributed by atoms with van der Waals surface area (Å²) in [5.74, 6) is 0. The maximum atomic E-state index is 5.87. The number of methoxy groups -OCH3 is 1. The molecule has 1 aromatic rings. The van der Waals surface area contributed by atoms with E-state index in [1.54, 1.807) is 18.4 Å². The van der Waals surface area contributed by atoms with Crippen LogP contribution in [0.2, 0.25) is 0 Å². The first-order valence-electron chi connectivity index (χ1n) is 3.96. The molecule has 2 nitrogen and oxygen atoms in total. The number of aryl methyl sites for hydroxylation is 2. The van der Waals surface area contributed by atoms with Crippen LogP contribution in [0, 0.1) is 13.8 Å². The number of rotatable bonds is 3. The van der Waals surface area contributed by atoms with Gasteiger partial charge in [0.2, 0.25) is 0 Å². The molecule has 0 spiro atoms. The second-order valence-electron chi connectivity index (χ2n) is 2.95. The number of nitrogens with two attached hydrogens (primary N) is 1. The second kappa shape index (κ2) is 4.03. The summed E-state index contributed by atoms with van der Waals surface area (Å²) < 4.78 is 4.99. The molecule has 0 unspecified atom stereocenters. The average Bonchev–Trinajstić information content (AvgIpc) is 2.33. The fourth-order valence-electron chi connectivity index (χ4n) is 1.05. The highest BCUT2D eigenvalue weighted by Gasteiger charge is 2.09. The van der Waals surface area contributed by atoms with Gasteiger partial charge in [-0.3, -0.25) is 0 Å². The predicted octanol–water partition coefficient (Wildman–Crippen LogP) is 2.01. The van der Waals surface area contributed by atoms with E-state index >= 15 is 0 Å². The van der Waals surface area contributed by atoms with Gasteiger partial charge in [-0.15, -0.1) is 11.3 Å². The highest BCUT2D eigenvalue weighted by Crippen LogP contribution is 2.25. The molecule has 0 amide bonds. The van der Waals surface area contributed by atoms with Crippen LogP contribution in [0.3, 0.4) is 0 Å². The van der Waals surface area contributed by atoms with E-state index in [9.17, 15) is 0 Å². The molecule has 0 fully saturated rings. The Labute approximate surface area is 77.3 Å². The van der Waals surface area contributed by atoms with Crippen molar-refractivity contribution in [1.82, 2.24) is 0 Å². The lowest BCUT2D eigenvalue weighted by Gasteiger charge is -2.06. The van der Waals surface area contributed by atoms with E-state index in [-0.39, 0.29) is 6.04 Å². The van der Waals surface area contributed by atoms with Crippen molar-refractivity contribution >= 4 is 11.3 Å². The first-order chi connectivity index (χ1) is 5.65. The van der Waals surface area contributed by atoms with Crippen molar-refractivity contribution in [2.75, 3.05) is 13.7 Å². The number of ether oxygens (including phenoxy) is 1. The highest BCUT2D eigenvalue weighted by molar-refractivity contribution is 7.12. The van der Waals surface area contributed by atoms with Gasteiger partial charge < -0.3 is 10.5 Å². The van der Waals surface area contributed by atoms with Crippen molar-refractivity contribution in [3.8, 4) is 0 Å². The number of hydrogen-bond donors (Lipinski definition) is 1. The fourth-order valence-corrected chi connectivity index (χ4v) is 2.07. The quantitative estimate of drug-likeness (QED) is 0.782. The van der Waals surface area contributed by atoms with Crippen molar-refractivity contribution in [3.05, 3.63) is 21.4 Å². The van der Waals surface area contributed by atoms with Crippen molar-refractivity contribution in [2.45, 2.75) is 19.9 Å². The number of thiophene rings is 1. The zero-order chi connectivity index (χ0) is 9.14. The standard InChI is InChI=1S/C9H15NOS/c1-6-4-9(12-7(6)2)8(10)5-11-3/h4,8H,5,10H2,1-3H3/t8-/m0/s1. The van der Waals surface area contributed by atoms with Gasteiger partial charge in [0.1, 0.15) is 0 Å². The zero-order valence-electron chi connectivity index (χ0n) is 7.76. The third-order valence-corrected chi connectivity index (χ3v) is 3.18. The molecule has 2 N–H and O–H groups in total. The van der Waals surface area contributed by atoms with Gasteiger partial charge in [0.15, 0.2) is 0 Å². The van der Waals surface area contributed by atoms with E-state index in [1.165, 1.54) is 15.3 Å². The van der Waals surface area contributed by atoms with Crippen LogP contribution in [0.4, 0.5) is 0 Å². The van der Waals surface area contributed by atoms with Gasteiger partial charge in [0.25, 0.3) is 0 Å². The SMILES string of the molecule is COC[C@H](N)c1cc(C)c(C)s1. The minimum atomic E-state index is 0.0346. The van der Waals surface area contributed by atoms with Crippen LogP contribution in [0.1, 0.15) is 21.4 Å².